The molecule has 0 saturated heterocycles. The van der Waals surface area contributed by atoms with Gasteiger partial charge in [0.05, 0.1) is 10.3 Å². The van der Waals surface area contributed by atoms with Gasteiger partial charge in [0.15, 0.2) is 5.16 Å². The van der Waals surface area contributed by atoms with Gasteiger partial charge in [-0.05, 0) is 49.4 Å². The predicted molar refractivity (Wildman–Crippen MR) is 97.1 cm³/mol. The number of carbonyl (C=O) groups excluding carboxylic acids is 1. The molecule has 0 radical (unpaired) electrons. The molecule has 3 aromatic rings. The van der Waals surface area contributed by atoms with E-state index in [1.54, 1.807) is 24.0 Å². The normalized spacial score (nSPS) is 11.5. The summed E-state index contributed by atoms with van der Waals surface area (Å²) in [5.41, 5.74) is 1.39. The highest BCUT2D eigenvalue weighted by atomic mass is 32.2. The van der Waals surface area contributed by atoms with E-state index in [0.29, 0.717) is 5.82 Å². The van der Waals surface area contributed by atoms with Crippen molar-refractivity contribution >= 4 is 17.7 Å². The van der Waals surface area contributed by atoms with Crippen LogP contribution in [0.25, 0.3) is 0 Å². The first-order valence-electron chi connectivity index (χ1n) is 8.17. The Hall–Kier alpha value is -2.85. The Balaban J connectivity index is 1.95. The van der Waals surface area contributed by atoms with Crippen LogP contribution < -0.4 is 5.48 Å². The largest absolute Gasteiger partial charge is 0.308 e. The second-order valence-corrected chi connectivity index (χ2v) is 7.52. The fourth-order valence-corrected chi connectivity index (χ4v) is 3.55. The van der Waals surface area contributed by atoms with E-state index >= 15 is 0 Å². The molecule has 0 unspecified atom stereocenters. The van der Waals surface area contributed by atoms with E-state index in [9.17, 15) is 13.6 Å². The number of halogens is 2. The van der Waals surface area contributed by atoms with Gasteiger partial charge in [0.1, 0.15) is 17.5 Å². The average molecular weight is 405 g/mol. The molecule has 146 valence electrons. The molecule has 2 aromatic heterocycles. The molecule has 0 fully saturated rings. The minimum atomic E-state index is -1.01. The quantitative estimate of drug-likeness (QED) is 0.501. The van der Waals surface area contributed by atoms with Crippen LogP contribution in [-0.2, 0) is 12.5 Å². The Morgan fingerprint density at radius 1 is 1.25 bits per heavy atom. The number of hydroxylamine groups is 1. The molecule has 0 atom stereocenters. The number of aromatic nitrogens is 4. The van der Waals surface area contributed by atoms with E-state index in [1.807, 2.05) is 26.0 Å². The number of hydrogen-bond donors (Lipinski definition) is 2. The second kappa shape index (κ2) is 7.64. The molecule has 0 aliphatic heterocycles. The van der Waals surface area contributed by atoms with Gasteiger partial charge in [-0.25, -0.2) is 14.3 Å². The number of hydrogen-bond acceptors (Lipinski definition) is 6. The van der Waals surface area contributed by atoms with Crippen molar-refractivity contribution in [3.8, 4) is 0 Å². The van der Waals surface area contributed by atoms with Crippen molar-refractivity contribution in [2.45, 2.75) is 29.3 Å². The van der Waals surface area contributed by atoms with Gasteiger partial charge in [-0.1, -0.05) is 6.07 Å². The SMILES string of the molecule is Cn1c(Sc2c(F)cc(C(=O)NO)cc2F)nnc1C(C)(C)c1cccnc1. The van der Waals surface area contributed by atoms with Gasteiger partial charge in [-0.2, -0.15) is 0 Å². The zero-order chi connectivity index (χ0) is 20.5. The number of benzene rings is 1. The van der Waals surface area contributed by atoms with Crippen LogP contribution in [0.3, 0.4) is 0 Å². The summed E-state index contributed by atoms with van der Waals surface area (Å²) in [6, 6.07) is 5.42. The standard InChI is InChI=1S/C18H17F2N5O2S/c1-18(2,11-5-4-6-21-9-11)16-22-23-17(25(16)3)28-14-12(19)7-10(8-13(14)20)15(26)24-27/h4-9,27H,1-3H3,(H,24,26). The summed E-state index contributed by atoms with van der Waals surface area (Å²) in [5.74, 6) is -2.30. The molecule has 10 heteroatoms. The lowest BCUT2D eigenvalue weighted by Crippen LogP contribution is -2.24. The Kier molecular flexibility index (Phi) is 5.43. The summed E-state index contributed by atoms with van der Waals surface area (Å²) in [4.78, 5) is 15.2. The van der Waals surface area contributed by atoms with E-state index < -0.39 is 23.0 Å². The molecule has 0 bridgehead atoms. The van der Waals surface area contributed by atoms with Crippen LogP contribution in [0.15, 0.2) is 46.7 Å². The maximum Gasteiger partial charge on any atom is 0.274 e. The van der Waals surface area contributed by atoms with Crippen LogP contribution in [-0.4, -0.2) is 30.9 Å². The summed E-state index contributed by atoms with van der Waals surface area (Å²) in [6.45, 7) is 3.90. The van der Waals surface area contributed by atoms with Crippen LogP contribution in [0.1, 0.15) is 35.6 Å². The zero-order valence-electron chi connectivity index (χ0n) is 15.3. The maximum atomic E-state index is 14.3. The molecule has 1 amide bonds. The predicted octanol–water partition coefficient (Wildman–Crippen LogP) is 3.08. The molecule has 0 spiro atoms. The monoisotopic (exact) mass is 405 g/mol. The molecule has 0 aliphatic rings. The van der Waals surface area contributed by atoms with Crippen molar-refractivity contribution in [2.75, 3.05) is 0 Å². The maximum absolute atomic E-state index is 14.3. The summed E-state index contributed by atoms with van der Waals surface area (Å²) < 4.78 is 30.3. The fourth-order valence-electron chi connectivity index (χ4n) is 2.75. The van der Waals surface area contributed by atoms with E-state index in [-0.39, 0.29) is 15.6 Å². The van der Waals surface area contributed by atoms with Crippen LogP contribution in [0, 0.1) is 11.6 Å². The first kappa shape index (κ1) is 19.9. The summed E-state index contributed by atoms with van der Waals surface area (Å²) >= 11 is 0.757. The van der Waals surface area contributed by atoms with Crippen molar-refractivity contribution in [3.63, 3.8) is 0 Å². The molecule has 28 heavy (non-hydrogen) atoms. The number of amides is 1. The fraction of sp³-hybridized carbons (Fsp3) is 0.222. The minimum Gasteiger partial charge on any atom is -0.308 e. The van der Waals surface area contributed by atoms with Gasteiger partial charge in [-0.3, -0.25) is 15.0 Å². The Morgan fingerprint density at radius 2 is 1.93 bits per heavy atom. The number of nitrogens with zero attached hydrogens (tertiary/aromatic N) is 4. The van der Waals surface area contributed by atoms with E-state index in [1.165, 1.54) is 5.48 Å². The number of rotatable bonds is 5. The molecular weight excluding hydrogens is 388 g/mol. The molecule has 7 nitrogen and oxygen atoms in total. The van der Waals surface area contributed by atoms with E-state index in [0.717, 1.165) is 29.5 Å². The Bertz CT molecular complexity index is 1000. The van der Waals surface area contributed by atoms with E-state index in [4.69, 9.17) is 5.21 Å². The van der Waals surface area contributed by atoms with Crippen molar-refractivity contribution in [3.05, 3.63) is 65.2 Å². The summed E-state index contributed by atoms with van der Waals surface area (Å²) in [6.07, 6.45) is 3.40. The van der Waals surface area contributed by atoms with Crippen molar-refractivity contribution < 1.29 is 18.8 Å². The lowest BCUT2D eigenvalue weighted by atomic mass is 9.85. The smallest absolute Gasteiger partial charge is 0.274 e. The molecule has 2 N–H and O–H groups in total. The topological polar surface area (TPSA) is 92.9 Å². The van der Waals surface area contributed by atoms with Gasteiger partial charge in [0, 0.05) is 25.0 Å². The lowest BCUT2D eigenvalue weighted by Gasteiger charge is -2.23. The molecule has 2 heterocycles. The van der Waals surface area contributed by atoms with Gasteiger partial charge < -0.3 is 4.57 Å². The number of carbonyl (C=O) groups is 1. The first-order valence-corrected chi connectivity index (χ1v) is 8.99. The average Bonchev–Trinajstić information content (AvgIpc) is 3.05. The van der Waals surface area contributed by atoms with Crippen LogP contribution >= 0.6 is 11.8 Å². The number of nitrogens with one attached hydrogen (secondary N) is 1. The van der Waals surface area contributed by atoms with Crippen molar-refractivity contribution in [2.24, 2.45) is 7.05 Å². The summed E-state index contributed by atoms with van der Waals surface area (Å²) in [7, 11) is 1.71. The lowest BCUT2D eigenvalue weighted by molar-refractivity contribution is 0.0705. The highest BCUT2D eigenvalue weighted by Gasteiger charge is 2.30. The molecule has 0 aliphatic carbocycles. The zero-order valence-corrected chi connectivity index (χ0v) is 16.1. The molecule has 3 rings (SSSR count). The Morgan fingerprint density at radius 3 is 2.50 bits per heavy atom. The molecule has 1 aromatic carbocycles. The highest BCUT2D eigenvalue weighted by Crippen LogP contribution is 2.35. The van der Waals surface area contributed by atoms with Gasteiger partial charge in [-0.15, -0.1) is 10.2 Å². The van der Waals surface area contributed by atoms with Gasteiger partial charge in [0.2, 0.25) is 0 Å². The summed E-state index contributed by atoms with van der Waals surface area (Å²) in [5, 5.41) is 17.2. The molecule has 0 saturated carbocycles. The second-order valence-electron chi connectivity index (χ2n) is 6.54. The van der Waals surface area contributed by atoms with E-state index in [2.05, 4.69) is 15.2 Å². The number of pyridine rings is 1. The third-order valence-electron chi connectivity index (χ3n) is 4.33. The van der Waals surface area contributed by atoms with Gasteiger partial charge in [0.25, 0.3) is 5.91 Å². The van der Waals surface area contributed by atoms with Crippen LogP contribution in [0.5, 0.6) is 0 Å². The first-order chi connectivity index (χ1) is 13.3. The van der Waals surface area contributed by atoms with Crippen molar-refractivity contribution in [1.82, 2.24) is 25.2 Å². The van der Waals surface area contributed by atoms with Crippen LogP contribution in [0.2, 0.25) is 0 Å². The van der Waals surface area contributed by atoms with Gasteiger partial charge >= 0.3 is 0 Å². The highest BCUT2D eigenvalue weighted by molar-refractivity contribution is 7.99. The third-order valence-corrected chi connectivity index (χ3v) is 5.46. The van der Waals surface area contributed by atoms with Crippen molar-refractivity contribution in [1.29, 1.82) is 0 Å². The van der Waals surface area contributed by atoms with Crippen LogP contribution in [0.4, 0.5) is 8.78 Å². The Labute approximate surface area is 163 Å². The minimum absolute atomic E-state index is 0.282. The third kappa shape index (κ3) is 3.60. The molecular formula is C18H17F2N5O2S.